The van der Waals surface area contributed by atoms with Crippen LogP contribution in [-0.2, 0) is 25.8 Å². The molecule has 0 saturated heterocycles. The quantitative estimate of drug-likeness (QED) is 0.284. The molecule has 1 aliphatic rings. The van der Waals surface area contributed by atoms with Gasteiger partial charge in [-0.25, -0.2) is 11.6 Å². The van der Waals surface area contributed by atoms with E-state index in [0.29, 0.717) is 0 Å². The molecule has 0 fully saturated rings. The molecule has 0 nitrogen and oxygen atoms in total. The molecule has 1 rings (SSSR count). The second-order valence-electron chi connectivity index (χ2n) is 1.91. The Kier molecular flexibility index (Phi) is 13.6. The first kappa shape index (κ1) is 14.1. The minimum Gasteiger partial charge on any atom is -0.270 e. The Morgan fingerprint density at radius 2 is 2.36 bits per heavy atom. The molecule has 0 aliphatic heterocycles. The summed E-state index contributed by atoms with van der Waals surface area (Å²) in [7, 11) is 0. The average Bonchev–Trinajstić information content (AvgIpc) is 2.40. The van der Waals surface area contributed by atoms with E-state index in [1.165, 1.54) is 5.57 Å². The fourth-order valence-corrected chi connectivity index (χ4v) is 0.515. The Morgan fingerprint density at radius 1 is 1.82 bits per heavy atom. The van der Waals surface area contributed by atoms with Gasteiger partial charge in [0.1, 0.15) is 0 Å². The van der Waals surface area contributed by atoms with Gasteiger partial charge in [-0.2, -0.15) is 6.08 Å². The van der Waals surface area contributed by atoms with Crippen LogP contribution in [-0.4, -0.2) is 5.33 Å². The molecule has 0 N–H and O–H groups in total. The number of halogens is 1. The maximum atomic E-state index is 3.43. The first-order valence-corrected chi connectivity index (χ1v) is 4.34. The van der Waals surface area contributed by atoms with Crippen LogP contribution in [0.4, 0.5) is 0 Å². The summed E-state index contributed by atoms with van der Waals surface area (Å²) in [5, 5.41) is 0.896. The normalized spacial score (nSPS) is 12.4. The van der Waals surface area contributed by atoms with Crippen LogP contribution in [0.5, 0.6) is 0 Å². The van der Waals surface area contributed by atoms with Crippen molar-refractivity contribution in [1.29, 1.82) is 0 Å². The zero-order valence-corrected chi connectivity index (χ0v) is 11.9. The van der Waals surface area contributed by atoms with Crippen molar-refractivity contribution in [3.05, 3.63) is 36.5 Å². The molecule has 60 valence electrons. The van der Waals surface area contributed by atoms with E-state index in [1.807, 2.05) is 0 Å². The summed E-state index contributed by atoms with van der Waals surface area (Å²) in [4.78, 5) is 0. The summed E-state index contributed by atoms with van der Waals surface area (Å²) in [6, 6.07) is 0. The van der Waals surface area contributed by atoms with Crippen LogP contribution in [0.15, 0.2) is 30.4 Å². The van der Waals surface area contributed by atoms with Crippen molar-refractivity contribution in [2.45, 2.75) is 13.3 Å². The molecule has 0 aromatic carbocycles. The molecule has 0 spiro atoms. The van der Waals surface area contributed by atoms with E-state index in [1.54, 1.807) is 6.08 Å². The van der Waals surface area contributed by atoms with Gasteiger partial charge in [-0.15, -0.1) is 13.0 Å². The van der Waals surface area contributed by atoms with Gasteiger partial charge in [0.05, 0.1) is 0 Å². The Bertz CT molecular complexity index is 145. The summed E-state index contributed by atoms with van der Waals surface area (Å²) >= 11 is 3.13. The molecule has 0 amide bonds. The number of rotatable bonds is 1. The predicted octanol–water partition coefficient (Wildman–Crippen LogP) is 3.26. The van der Waals surface area contributed by atoms with Crippen LogP contribution >= 0.6 is 15.9 Å². The van der Waals surface area contributed by atoms with Gasteiger partial charge in [0, 0.05) is 31.2 Å². The van der Waals surface area contributed by atoms with Crippen molar-refractivity contribution in [2.24, 2.45) is 0 Å². The van der Waals surface area contributed by atoms with E-state index in [-0.39, 0.29) is 25.8 Å². The Hall–Kier alpha value is 0.570. The standard InChI is InChI=1S/C6H7.C3H5Br.Hf/c1-6-4-2-3-5-6;1-2-3-4;/h2,4H,3H2,1H3;2H,1,3H2;/q-1;;. The first-order valence-electron chi connectivity index (χ1n) is 3.22. The molecule has 11 heavy (non-hydrogen) atoms. The van der Waals surface area contributed by atoms with Gasteiger partial charge in [-0.05, 0) is 0 Å². The molecule has 0 saturated carbocycles. The van der Waals surface area contributed by atoms with Gasteiger partial charge in [0.15, 0.2) is 0 Å². The van der Waals surface area contributed by atoms with Gasteiger partial charge in [-0.1, -0.05) is 28.9 Å². The van der Waals surface area contributed by atoms with Crippen molar-refractivity contribution in [3.8, 4) is 0 Å². The molecule has 0 unspecified atom stereocenters. The van der Waals surface area contributed by atoms with Gasteiger partial charge in [0.25, 0.3) is 0 Å². The van der Waals surface area contributed by atoms with Crippen LogP contribution in [0.2, 0.25) is 0 Å². The zero-order chi connectivity index (χ0) is 7.82. The molecular formula is C9H12BrHf-. The third kappa shape index (κ3) is 10.6. The number of hydrogen-bond donors (Lipinski definition) is 0. The largest absolute Gasteiger partial charge is 0.270 e. The summed E-state index contributed by atoms with van der Waals surface area (Å²) in [5.41, 5.74) is 1.27. The molecule has 2 heteroatoms. The smallest absolute Gasteiger partial charge is 0.0209 e. The van der Waals surface area contributed by atoms with E-state index in [4.69, 9.17) is 0 Å². The average molecular weight is 379 g/mol. The zero-order valence-electron chi connectivity index (χ0n) is 6.73. The van der Waals surface area contributed by atoms with E-state index in [2.05, 4.69) is 47.7 Å². The van der Waals surface area contributed by atoms with E-state index >= 15 is 0 Å². The summed E-state index contributed by atoms with van der Waals surface area (Å²) in [6.07, 6.45) is 10.1. The fourth-order valence-electron chi connectivity index (χ4n) is 0.515. The summed E-state index contributed by atoms with van der Waals surface area (Å²) in [6.45, 7) is 5.49. The number of alkyl halides is 1. The fraction of sp³-hybridized carbons (Fsp3) is 0.333. The van der Waals surface area contributed by atoms with E-state index in [0.717, 1.165) is 11.8 Å². The van der Waals surface area contributed by atoms with Gasteiger partial charge in [0.2, 0.25) is 0 Å². The topological polar surface area (TPSA) is 0 Å². The molecule has 1 aliphatic carbocycles. The second kappa shape index (κ2) is 10.6. The monoisotopic (exact) mass is 379 g/mol. The van der Waals surface area contributed by atoms with Crippen LogP contribution in [0.1, 0.15) is 13.3 Å². The van der Waals surface area contributed by atoms with Crippen LogP contribution in [0.25, 0.3) is 0 Å². The first-order chi connectivity index (χ1) is 4.81. The molecule has 0 aromatic rings. The molecule has 0 bridgehead atoms. The maximum Gasteiger partial charge on any atom is 0.0209 e. The van der Waals surface area contributed by atoms with Crippen molar-refractivity contribution in [2.75, 3.05) is 5.33 Å². The Morgan fingerprint density at radius 3 is 2.45 bits per heavy atom. The number of hydrogen-bond acceptors (Lipinski definition) is 0. The van der Waals surface area contributed by atoms with Gasteiger partial charge >= 0.3 is 0 Å². The van der Waals surface area contributed by atoms with Crippen molar-refractivity contribution in [3.63, 3.8) is 0 Å². The number of allylic oxidation sites excluding steroid dienone is 5. The Labute approximate surface area is 96.4 Å². The molecule has 0 atom stereocenters. The molecule has 0 aromatic heterocycles. The third-order valence-electron chi connectivity index (χ3n) is 0.976. The maximum absolute atomic E-state index is 3.43. The van der Waals surface area contributed by atoms with Crippen molar-refractivity contribution in [1.82, 2.24) is 0 Å². The summed E-state index contributed by atoms with van der Waals surface area (Å²) in [5.74, 6) is 0. The third-order valence-corrected chi connectivity index (χ3v) is 1.43. The van der Waals surface area contributed by atoms with Gasteiger partial charge in [-0.3, -0.25) is 6.08 Å². The predicted molar refractivity (Wildman–Crippen MR) is 50.2 cm³/mol. The molecule has 0 radical (unpaired) electrons. The molecular weight excluding hydrogens is 366 g/mol. The van der Waals surface area contributed by atoms with E-state index < -0.39 is 0 Å². The minimum absolute atomic E-state index is 0. The minimum atomic E-state index is 0. The SMILES string of the molecule is C=CCBr.CC1=[C-]CC=C1.[Hf]. The van der Waals surface area contributed by atoms with E-state index in [9.17, 15) is 0 Å². The van der Waals surface area contributed by atoms with Crippen LogP contribution < -0.4 is 0 Å². The summed E-state index contributed by atoms with van der Waals surface area (Å²) < 4.78 is 0. The van der Waals surface area contributed by atoms with Crippen molar-refractivity contribution < 1.29 is 25.8 Å². The van der Waals surface area contributed by atoms with Gasteiger partial charge < -0.3 is 0 Å². The second-order valence-corrected chi connectivity index (χ2v) is 2.56. The van der Waals surface area contributed by atoms with Crippen LogP contribution in [0, 0.1) is 6.08 Å². The van der Waals surface area contributed by atoms with Crippen LogP contribution in [0.3, 0.4) is 0 Å². The molecule has 0 heterocycles. The Balaban J connectivity index is 0. The van der Waals surface area contributed by atoms with Crippen molar-refractivity contribution >= 4 is 15.9 Å².